The van der Waals surface area contributed by atoms with Crippen LogP contribution < -0.4 is 26.2 Å². The number of hydrogen-bond acceptors (Lipinski definition) is 11. The molecular formula is C63H79N11O8. The number of benzene rings is 2. The summed E-state index contributed by atoms with van der Waals surface area (Å²) in [6, 6.07) is 7.23. The number of nitrogens with one attached hydrogen (secondary N) is 4. The minimum absolute atomic E-state index is 0.00998. The minimum Gasteiger partial charge on any atom is -0.372 e. The lowest BCUT2D eigenvalue weighted by Crippen LogP contribution is -2.48. The second kappa shape index (κ2) is 23.1. The topological polar surface area (TPSA) is 230 Å². The van der Waals surface area contributed by atoms with E-state index in [1.807, 2.05) is 28.3 Å². The van der Waals surface area contributed by atoms with Crippen molar-refractivity contribution in [3.63, 3.8) is 0 Å². The van der Waals surface area contributed by atoms with E-state index in [9.17, 15) is 38.4 Å². The Bertz CT molecular complexity index is 3380. The van der Waals surface area contributed by atoms with Gasteiger partial charge < -0.3 is 45.1 Å². The molecule has 2 aliphatic carbocycles. The molecule has 12 rings (SSSR count). The number of carbonyl (C=O) groups is 8. The standard InChI is InChI=1S/C32H38N6O4.C31H41N5O4/c1-19(39)25-16-37-17-29(41)38-26(31(42)33-3)12-32(13-27(32)38)18-36-28(40)9-7-5-4-6-8-21-10-22(11-24(25)30(21)37)23-14-34-20(2)35-15-23;1-20(37)24-17-35-18-28(39)36-25(30(40)32-2)15-31(16-26(31)36)19-33-27(38)10-6-4-3-5-9-21-13-22(14-23(24)29(21)35)34-11-7-8-12-34/h10-11,14-16,26-27H,4-9,12-13,17-18H2,1-3H3,(H,33,42)(H,36,40);13-14,17,25-26H,3-12,15-16,18-19H2,1-2H3,(H,32,40)(H,33,38)/t26-,27+,32-;25-,26+,31-/m00/s1. The number of rotatable bonds is 6. The van der Waals surface area contributed by atoms with E-state index in [1.54, 1.807) is 56.3 Å². The van der Waals surface area contributed by atoms with Crippen molar-refractivity contribution in [1.82, 2.24) is 50.2 Å². The highest BCUT2D eigenvalue weighted by molar-refractivity contribution is 6.10. The van der Waals surface area contributed by atoms with Gasteiger partial charge in [-0.3, -0.25) is 38.4 Å². The lowest BCUT2D eigenvalue weighted by Gasteiger charge is -2.27. The molecule has 6 amide bonds. The predicted octanol–water partition coefficient (Wildman–Crippen LogP) is 6.51. The highest BCUT2D eigenvalue weighted by atomic mass is 16.2. The van der Waals surface area contributed by atoms with E-state index in [1.165, 1.54) is 12.8 Å². The van der Waals surface area contributed by atoms with Crippen molar-refractivity contribution >= 4 is 74.5 Å². The fourth-order valence-electron chi connectivity index (χ4n) is 14.5. The van der Waals surface area contributed by atoms with Crippen molar-refractivity contribution in [2.45, 2.75) is 174 Å². The van der Waals surface area contributed by atoms with Crippen LogP contribution in [0.5, 0.6) is 0 Å². The SMILES string of the molecule is CNC(=O)[C@@H]1C[C@]23CNC(=O)CCCCCCc4cc(-c5cnc(C)nc5)cc5c(C(C)=O)cn(c45)CC(=O)N1[C@@H]2C3.CNC(=O)[C@@H]1C[C@]23CNC(=O)CCCCCCc4cc(N5CCCC5)cc5c(C(C)=O)cn(c45)CC(=O)N1[C@@H]2C3. The fourth-order valence-corrected chi connectivity index (χ4v) is 14.5. The first-order chi connectivity index (χ1) is 39.5. The number of aryl methyl sites for hydroxylation is 3. The monoisotopic (exact) mass is 1120 g/mol. The lowest BCUT2D eigenvalue weighted by atomic mass is 9.96. The van der Waals surface area contributed by atoms with Crippen molar-refractivity contribution in [3.8, 4) is 11.1 Å². The first-order valence-corrected chi connectivity index (χ1v) is 30.0. The minimum atomic E-state index is -0.584. The summed E-state index contributed by atoms with van der Waals surface area (Å²) in [6.45, 7) is 8.09. The molecular weight excluding hydrogens is 1040 g/mol. The first-order valence-electron chi connectivity index (χ1n) is 30.0. The largest absolute Gasteiger partial charge is 0.372 e. The molecule has 19 heteroatoms. The average Bonchev–Trinajstić information content (AvgIpc) is 2.26. The van der Waals surface area contributed by atoms with Crippen LogP contribution in [0.4, 0.5) is 5.69 Å². The van der Waals surface area contributed by atoms with E-state index in [2.05, 4.69) is 54.3 Å². The van der Waals surface area contributed by atoms with Gasteiger partial charge in [0.15, 0.2) is 11.6 Å². The molecule has 5 aromatic rings. The van der Waals surface area contributed by atoms with Crippen LogP contribution in [0.3, 0.4) is 0 Å². The predicted molar refractivity (Wildman–Crippen MR) is 311 cm³/mol. The zero-order valence-corrected chi connectivity index (χ0v) is 48.3. The molecule has 7 aliphatic rings. The average molecular weight is 1120 g/mol. The van der Waals surface area contributed by atoms with Gasteiger partial charge in [0.25, 0.3) is 0 Å². The summed E-state index contributed by atoms with van der Waals surface area (Å²) in [6.07, 6.45) is 22.3. The maximum absolute atomic E-state index is 14.0. The second-order valence-corrected chi connectivity index (χ2v) is 24.5. The Kier molecular flexibility index (Phi) is 15.9. The van der Waals surface area contributed by atoms with E-state index in [0.29, 0.717) is 55.7 Å². The molecule has 4 N–H and O–H groups in total. The summed E-state index contributed by atoms with van der Waals surface area (Å²) in [5, 5.41) is 13.4. The molecule has 0 radical (unpaired) electrons. The van der Waals surface area contributed by atoms with E-state index >= 15 is 0 Å². The van der Waals surface area contributed by atoms with Crippen molar-refractivity contribution in [3.05, 3.63) is 77.1 Å². The number of aromatic nitrogens is 4. The number of anilines is 1. The number of Topliss-reactive ketones (excluding diaryl/α,β-unsaturated/α-hetero) is 2. The van der Waals surface area contributed by atoms with Crippen LogP contribution in [0.15, 0.2) is 49.1 Å². The highest BCUT2D eigenvalue weighted by Crippen LogP contribution is 2.60. The summed E-state index contributed by atoms with van der Waals surface area (Å²) in [7, 11) is 3.19. The number of piperidine rings is 2. The molecule has 2 saturated carbocycles. The third-order valence-electron chi connectivity index (χ3n) is 19.0. The Hall–Kier alpha value is -7.44. The van der Waals surface area contributed by atoms with Gasteiger partial charge in [0, 0.05) is 134 Å². The van der Waals surface area contributed by atoms with Gasteiger partial charge in [0.1, 0.15) is 31.0 Å². The summed E-state index contributed by atoms with van der Waals surface area (Å²) in [5.41, 5.74) is 7.69. The molecule has 3 aromatic heterocycles. The van der Waals surface area contributed by atoms with Gasteiger partial charge in [-0.05, 0) is 139 Å². The van der Waals surface area contributed by atoms with Gasteiger partial charge in [-0.1, -0.05) is 25.7 Å². The molecule has 19 nitrogen and oxygen atoms in total. The maximum atomic E-state index is 14.0. The van der Waals surface area contributed by atoms with Gasteiger partial charge in [-0.25, -0.2) is 9.97 Å². The second-order valence-electron chi connectivity index (χ2n) is 24.5. The summed E-state index contributed by atoms with van der Waals surface area (Å²) in [4.78, 5) is 119. The molecule has 5 aliphatic heterocycles. The molecule has 4 bridgehead atoms. The molecule has 434 valence electrons. The quantitative estimate of drug-likeness (QED) is 0.134. The Balaban J connectivity index is 0.000000172. The summed E-state index contributed by atoms with van der Waals surface area (Å²) < 4.78 is 3.86. The molecule has 8 heterocycles. The Labute approximate surface area is 479 Å². The Morgan fingerprint density at radius 2 is 1.01 bits per heavy atom. The third kappa shape index (κ3) is 11.0. The van der Waals surface area contributed by atoms with Gasteiger partial charge in [0.2, 0.25) is 35.4 Å². The summed E-state index contributed by atoms with van der Waals surface area (Å²) >= 11 is 0. The number of nitrogens with zero attached hydrogens (tertiary/aromatic N) is 7. The van der Waals surface area contributed by atoms with Crippen molar-refractivity contribution < 1.29 is 38.4 Å². The normalized spacial score (nSPS) is 25.9. The zero-order chi connectivity index (χ0) is 57.6. The molecule has 6 atom stereocenters. The maximum Gasteiger partial charge on any atom is 0.243 e. The number of amides is 6. The van der Waals surface area contributed by atoms with Gasteiger partial charge >= 0.3 is 0 Å². The fraction of sp³-hybridized carbons (Fsp3) is 0.556. The smallest absolute Gasteiger partial charge is 0.243 e. The van der Waals surface area contributed by atoms with Crippen molar-refractivity contribution in [2.24, 2.45) is 10.8 Å². The van der Waals surface area contributed by atoms with Gasteiger partial charge in [-0.2, -0.15) is 0 Å². The van der Waals surface area contributed by atoms with Crippen LogP contribution in [0, 0.1) is 17.8 Å². The van der Waals surface area contributed by atoms with Crippen LogP contribution >= 0.6 is 0 Å². The van der Waals surface area contributed by atoms with Gasteiger partial charge in [-0.15, -0.1) is 0 Å². The number of likely N-dealkylation sites (N-methyl/N-ethyl adjacent to an activating group) is 2. The van der Waals surface area contributed by atoms with Crippen LogP contribution in [0.1, 0.15) is 154 Å². The number of carbonyl (C=O) groups excluding carboxylic acids is 8. The molecule has 0 unspecified atom stereocenters. The van der Waals surface area contributed by atoms with E-state index < -0.39 is 12.1 Å². The van der Waals surface area contributed by atoms with Crippen molar-refractivity contribution in [2.75, 3.05) is 45.2 Å². The van der Waals surface area contributed by atoms with Crippen molar-refractivity contribution in [1.29, 1.82) is 0 Å². The summed E-state index contributed by atoms with van der Waals surface area (Å²) in [5.74, 6) is 0.0567. The van der Waals surface area contributed by atoms with E-state index in [0.717, 1.165) is 140 Å². The lowest BCUT2D eigenvalue weighted by molar-refractivity contribution is -0.140. The zero-order valence-electron chi connectivity index (χ0n) is 48.3. The molecule has 82 heavy (non-hydrogen) atoms. The van der Waals surface area contributed by atoms with E-state index in [-0.39, 0.29) is 83.0 Å². The highest BCUT2D eigenvalue weighted by Gasteiger charge is 2.68. The Morgan fingerprint density at radius 1 is 0.561 bits per heavy atom. The first kappa shape index (κ1) is 56.4. The van der Waals surface area contributed by atoms with Crippen LogP contribution in [-0.2, 0) is 54.7 Å². The molecule has 0 spiro atoms. The van der Waals surface area contributed by atoms with E-state index in [4.69, 9.17) is 0 Å². The number of ketones is 2. The Morgan fingerprint density at radius 3 is 1.48 bits per heavy atom. The molecule has 3 saturated heterocycles. The number of hydrogen-bond donors (Lipinski definition) is 4. The van der Waals surface area contributed by atoms with Crippen LogP contribution in [0.25, 0.3) is 32.9 Å². The molecule has 2 aromatic carbocycles. The van der Waals surface area contributed by atoms with Crippen LogP contribution in [0.2, 0.25) is 0 Å². The third-order valence-corrected chi connectivity index (χ3v) is 19.0. The van der Waals surface area contributed by atoms with Gasteiger partial charge in [0.05, 0.1) is 11.0 Å². The van der Waals surface area contributed by atoms with Crippen LogP contribution in [-0.4, -0.2) is 140 Å². The molecule has 5 fully saturated rings.